The van der Waals surface area contributed by atoms with Crippen molar-refractivity contribution in [3.63, 3.8) is 0 Å². The van der Waals surface area contributed by atoms with Gasteiger partial charge in [-0.1, -0.05) is 29.8 Å². The van der Waals surface area contributed by atoms with Crippen molar-refractivity contribution in [1.29, 1.82) is 5.26 Å². The smallest absolute Gasteiger partial charge is 0.343 e. The first-order valence-electron chi connectivity index (χ1n) is 7.23. The highest BCUT2D eigenvalue weighted by Gasteiger charge is 2.16. The number of aromatic nitrogens is 3. The van der Waals surface area contributed by atoms with Gasteiger partial charge in [-0.15, -0.1) is 0 Å². The highest BCUT2D eigenvalue weighted by molar-refractivity contribution is 6.32. The van der Waals surface area contributed by atoms with E-state index in [0.29, 0.717) is 11.4 Å². The molecule has 0 aliphatic rings. The molecule has 0 spiro atoms. The van der Waals surface area contributed by atoms with E-state index < -0.39 is 5.82 Å². The number of nitrogens with one attached hydrogen (secondary N) is 1. The van der Waals surface area contributed by atoms with Crippen LogP contribution in [0.25, 0.3) is 11.1 Å². The minimum absolute atomic E-state index is 0.0288. The van der Waals surface area contributed by atoms with Crippen LogP contribution in [0, 0.1) is 17.1 Å². The summed E-state index contributed by atoms with van der Waals surface area (Å²) in [6.45, 7) is -0.0288. The van der Waals surface area contributed by atoms with Crippen LogP contribution in [-0.2, 0) is 13.7 Å². The van der Waals surface area contributed by atoms with E-state index in [1.807, 2.05) is 6.07 Å². The molecule has 2 aromatic carbocycles. The maximum Gasteiger partial charge on any atom is 0.343 e. The van der Waals surface area contributed by atoms with Crippen molar-refractivity contribution in [3.05, 3.63) is 69.1 Å². The van der Waals surface area contributed by atoms with Crippen molar-refractivity contribution >= 4 is 11.6 Å². The first-order chi connectivity index (χ1) is 12.0. The first-order valence-corrected chi connectivity index (χ1v) is 7.60. The van der Waals surface area contributed by atoms with Crippen molar-refractivity contribution < 1.29 is 9.13 Å². The Bertz CT molecular complexity index is 1040. The molecule has 0 aliphatic carbocycles. The lowest BCUT2D eigenvalue weighted by Gasteiger charge is -2.13. The summed E-state index contributed by atoms with van der Waals surface area (Å²) >= 11 is 6.07. The Morgan fingerprint density at radius 2 is 2.12 bits per heavy atom. The molecule has 0 bridgehead atoms. The zero-order valence-electron chi connectivity index (χ0n) is 13.1. The Balaban J connectivity index is 2.04. The quantitative estimate of drug-likeness (QED) is 0.777. The fourth-order valence-electron chi connectivity index (χ4n) is 2.30. The average molecular weight is 359 g/mol. The summed E-state index contributed by atoms with van der Waals surface area (Å²) in [5, 5.41) is 15.5. The molecular weight excluding hydrogens is 347 g/mol. The van der Waals surface area contributed by atoms with E-state index in [9.17, 15) is 14.4 Å². The first kappa shape index (κ1) is 16.7. The molecule has 3 rings (SSSR count). The number of halogens is 2. The predicted molar refractivity (Wildman–Crippen MR) is 89.7 cm³/mol. The maximum absolute atomic E-state index is 14.2. The van der Waals surface area contributed by atoms with Gasteiger partial charge in [-0.05, 0) is 12.1 Å². The van der Waals surface area contributed by atoms with Gasteiger partial charge < -0.3 is 4.74 Å². The monoisotopic (exact) mass is 358 g/mol. The molecule has 0 radical (unpaired) electrons. The van der Waals surface area contributed by atoms with Crippen LogP contribution in [0.3, 0.4) is 0 Å². The summed E-state index contributed by atoms with van der Waals surface area (Å²) in [6, 6.07) is 11.0. The molecule has 6 nitrogen and oxygen atoms in total. The Hall–Kier alpha value is -3.11. The third-order valence-corrected chi connectivity index (χ3v) is 4.00. The van der Waals surface area contributed by atoms with Gasteiger partial charge in [-0.3, -0.25) is 4.57 Å². The minimum Gasteiger partial charge on any atom is -0.485 e. The number of H-pyrrole nitrogens is 1. The number of hydrogen-bond donors (Lipinski definition) is 1. The van der Waals surface area contributed by atoms with Crippen LogP contribution in [0.5, 0.6) is 5.75 Å². The number of nitrogens with zero attached hydrogens (tertiary/aromatic N) is 3. The number of benzene rings is 2. The van der Waals surface area contributed by atoms with Crippen molar-refractivity contribution in [2.75, 3.05) is 0 Å². The Morgan fingerprint density at radius 3 is 2.76 bits per heavy atom. The molecule has 0 atom stereocenters. The van der Waals surface area contributed by atoms with E-state index in [4.69, 9.17) is 16.3 Å². The van der Waals surface area contributed by atoms with Gasteiger partial charge in [0.2, 0.25) is 0 Å². The lowest BCUT2D eigenvalue weighted by Crippen LogP contribution is -2.15. The van der Waals surface area contributed by atoms with Gasteiger partial charge in [-0.2, -0.15) is 10.4 Å². The van der Waals surface area contributed by atoms with Gasteiger partial charge in [0.1, 0.15) is 24.2 Å². The average Bonchev–Trinajstić information content (AvgIpc) is 2.92. The van der Waals surface area contributed by atoms with Gasteiger partial charge in [0, 0.05) is 24.2 Å². The van der Waals surface area contributed by atoms with Crippen LogP contribution in [0.2, 0.25) is 5.02 Å². The summed E-state index contributed by atoms with van der Waals surface area (Å²) in [6.07, 6.45) is 0. The fraction of sp³-hybridized carbons (Fsp3) is 0.118. The molecule has 25 heavy (non-hydrogen) atoms. The van der Waals surface area contributed by atoms with E-state index >= 15 is 0 Å². The largest absolute Gasteiger partial charge is 0.485 e. The molecule has 0 amide bonds. The number of aromatic amines is 1. The summed E-state index contributed by atoms with van der Waals surface area (Å²) < 4.78 is 21.2. The van der Waals surface area contributed by atoms with Crippen LogP contribution in [0.4, 0.5) is 4.39 Å². The molecule has 0 fully saturated rings. The number of rotatable bonds is 4. The molecule has 1 N–H and O–H groups in total. The summed E-state index contributed by atoms with van der Waals surface area (Å²) in [7, 11) is 1.55. The van der Waals surface area contributed by atoms with Gasteiger partial charge >= 0.3 is 5.69 Å². The molecule has 8 heteroatoms. The van der Waals surface area contributed by atoms with Crippen LogP contribution < -0.4 is 10.4 Å². The lowest BCUT2D eigenvalue weighted by atomic mass is 10.0. The molecular formula is C17H12ClFN4O2. The molecule has 126 valence electrons. The predicted octanol–water partition coefficient (Wildman–Crippen LogP) is 3.02. The van der Waals surface area contributed by atoms with Crippen molar-refractivity contribution in [2.45, 2.75) is 6.61 Å². The Kier molecular flexibility index (Phi) is 4.55. The topological polar surface area (TPSA) is 83.7 Å². The molecule has 3 aromatic rings. The van der Waals surface area contributed by atoms with Crippen LogP contribution in [-0.4, -0.2) is 14.8 Å². The van der Waals surface area contributed by atoms with Crippen LogP contribution >= 0.6 is 11.6 Å². The fourth-order valence-corrected chi connectivity index (χ4v) is 2.50. The zero-order valence-corrected chi connectivity index (χ0v) is 13.8. The van der Waals surface area contributed by atoms with Crippen LogP contribution in [0.15, 0.2) is 41.2 Å². The summed E-state index contributed by atoms with van der Waals surface area (Å²) in [5.41, 5.74) is 0.506. The number of hydrogen-bond acceptors (Lipinski definition) is 4. The van der Waals surface area contributed by atoms with Crippen LogP contribution in [0.1, 0.15) is 11.4 Å². The highest BCUT2D eigenvalue weighted by atomic mass is 35.5. The third-order valence-electron chi connectivity index (χ3n) is 3.68. The summed E-state index contributed by atoms with van der Waals surface area (Å²) in [5.74, 6) is 0.195. The second-order valence-corrected chi connectivity index (χ2v) is 5.62. The second-order valence-electron chi connectivity index (χ2n) is 5.21. The van der Waals surface area contributed by atoms with Gasteiger partial charge in [0.15, 0.2) is 5.82 Å². The second kappa shape index (κ2) is 6.79. The summed E-state index contributed by atoms with van der Waals surface area (Å²) in [4.78, 5) is 11.4. The molecule has 0 saturated carbocycles. The molecule has 1 heterocycles. The molecule has 0 unspecified atom stereocenters. The van der Waals surface area contributed by atoms with E-state index in [1.54, 1.807) is 25.2 Å². The zero-order chi connectivity index (χ0) is 18.0. The third kappa shape index (κ3) is 3.25. The van der Waals surface area contributed by atoms with Gasteiger partial charge in [-0.25, -0.2) is 14.3 Å². The Labute approximate surface area is 147 Å². The maximum atomic E-state index is 14.2. The van der Waals surface area contributed by atoms with Gasteiger partial charge in [0.25, 0.3) is 0 Å². The standard InChI is InChI=1S/C17H12ClFN4O2/c1-23-16(21-22-17(23)24)9-25-15-7-13(18)10(8-20)6-12(15)11-4-2-3-5-14(11)19/h2-7H,9H2,1H3,(H,22,24). The minimum atomic E-state index is -0.453. The Morgan fingerprint density at radius 1 is 1.36 bits per heavy atom. The molecule has 0 aliphatic heterocycles. The van der Waals surface area contributed by atoms with E-state index in [0.717, 1.165) is 0 Å². The normalized spacial score (nSPS) is 10.5. The highest BCUT2D eigenvalue weighted by Crippen LogP contribution is 2.36. The van der Waals surface area contributed by atoms with Crippen molar-refractivity contribution in [3.8, 4) is 22.9 Å². The number of ether oxygens (including phenoxy) is 1. The number of nitriles is 1. The van der Waals surface area contributed by atoms with E-state index in [-0.39, 0.29) is 34.2 Å². The van der Waals surface area contributed by atoms with Gasteiger partial charge in [0.05, 0.1) is 10.6 Å². The van der Waals surface area contributed by atoms with E-state index in [2.05, 4.69) is 10.2 Å². The molecule has 1 aromatic heterocycles. The van der Waals surface area contributed by atoms with E-state index in [1.165, 1.54) is 22.8 Å². The van der Waals surface area contributed by atoms with Crippen molar-refractivity contribution in [1.82, 2.24) is 14.8 Å². The lowest BCUT2D eigenvalue weighted by molar-refractivity contribution is 0.292. The van der Waals surface area contributed by atoms with Crippen molar-refractivity contribution in [2.24, 2.45) is 7.05 Å². The SMILES string of the molecule is Cn1c(COc2cc(Cl)c(C#N)cc2-c2ccccc2F)n[nH]c1=O. The molecule has 0 saturated heterocycles.